The highest BCUT2D eigenvalue weighted by molar-refractivity contribution is 5.69. The van der Waals surface area contributed by atoms with Gasteiger partial charge in [-0.15, -0.1) is 0 Å². The van der Waals surface area contributed by atoms with Gasteiger partial charge in [-0.3, -0.25) is 4.79 Å². The van der Waals surface area contributed by atoms with Crippen molar-refractivity contribution in [1.29, 1.82) is 5.26 Å². The van der Waals surface area contributed by atoms with Crippen LogP contribution in [0.5, 0.6) is 0 Å². The van der Waals surface area contributed by atoms with Gasteiger partial charge in [0.15, 0.2) is 0 Å². The van der Waals surface area contributed by atoms with Gasteiger partial charge in [-0.25, -0.2) is 0 Å². The number of aromatic nitrogens is 1. The van der Waals surface area contributed by atoms with E-state index in [1.807, 2.05) is 6.07 Å². The number of carboxylic acids is 1. The van der Waals surface area contributed by atoms with Crippen LogP contribution in [0.1, 0.15) is 11.6 Å². The van der Waals surface area contributed by atoms with E-state index < -0.39 is 5.97 Å². The summed E-state index contributed by atoms with van der Waals surface area (Å²) in [6, 6.07) is 1.83. The summed E-state index contributed by atoms with van der Waals surface area (Å²) in [5.74, 6) is -0.720. The van der Waals surface area contributed by atoms with E-state index in [0.29, 0.717) is 0 Å². The van der Waals surface area contributed by atoms with Gasteiger partial charge >= 0.3 is 5.97 Å². The second-order valence-electron chi connectivity index (χ2n) is 2.84. The van der Waals surface area contributed by atoms with Crippen LogP contribution < -0.4 is 4.90 Å². The molecule has 0 spiro atoms. The monoisotopic (exact) mass is 195 g/mol. The van der Waals surface area contributed by atoms with E-state index in [0.717, 1.165) is 0 Å². The molecule has 0 amide bonds. The number of carbonyl (C=O) groups is 1. The van der Waals surface area contributed by atoms with E-state index in [1.54, 1.807) is 19.0 Å². The molecule has 0 aliphatic carbocycles. The molecule has 0 saturated carbocycles. The normalized spacial score (nSPS) is 9.50. The predicted molar refractivity (Wildman–Crippen MR) is 46.9 cm³/mol. The van der Waals surface area contributed by atoms with Gasteiger partial charge in [0, 0.05) is 14.1 Å². The number of hydrogen-bond acceptors (Lipinski definition) is 5. The highest BCUT2D eigenvalue weighted by atomic mass is 16.4. The Hall–Kier alpha value is -2.03. The molecule has 1 heterocycles. The van der Waals surface area contributed by atoms with Crippen molar-refractivity contribution in [2.75, 3.05) is 19.0 Å². The van der Waals surface area contributed by atoms with Crippen LogP contribution in [-0.2, 0) is 11.2 Å². The molecule has 0 bridgehead atoms. The smallest absolute Gasteiger partial charge is 0.312 e. The largest absolute Gasteiger partial charge is 0.481 e. The van der Waals surface area contributed by atoms with Gasteiger partial charge in [-0.05, 0) is 0 Å². The molecule has 6 heteroatoms. The van der Waals surface area contributed by atoms with Crippen LogP contribution in [0.4, 0.5) is 5.88 Å². The molecule has 14 heavy (non-hydrogen) atoms. The zero-order valence-corrected chi connectivity index (χ0v) is 7.81. The fourth-order valence-electron chi connectivity index (χ4n) is 0.936. The Bertz CT molecular complexity index is 389. The van der Waals surface area contributed by atoms with E-state index in [-0.39, 0.29) is 23.9 Å². The molecule has 0 fully saturated rings. The molecular weight excluding hydrogens is 186 g/mol. The Morgan fingerprint density at radius 3 is 2.71 bits per heavy atom. The summed E-state index contributed by atoms with van der Waals surface area (Å²) in [6.45, 7) is 0. The first-order valence-corrected chi connectivity index (χ1v) is 3.83. The maximum absolute atomic E-state index is 10.4. The third kappa shape index (κ3) is 2.01. The fourth-order valence-corrected chi connectivity index (χ4v) is 0.936. The summed E-state index contributed by atoms with van der Waals surface area (Å²) < 4.78 is 5.09. The van der Waals surface area contributed by atoms with E-state index in [2.05, 4.69) is 4.98 Å². The van der Waals surface area contributed by atoms with Crippen molar-refractivity contribution in [1.82, 2.24) is 4.98 Å². The van der Waals surface area contributed by atoms with Crippen molar-refractivity contribution in [3.63, 3.8) is 0 Å². The first kappa shape index (κ1) is 10.1. The summed E-state index contributed by atoms with van der Waals surface area (Å²) in [4.78, 5) is 15.7. The van der Waals surface area contributed by atoms with E-state index in [4.69, 9.17) is 14.8 Å². The van der Waals surface area contributed by atoms with Gasteiger partial charge in [0.05, 0.1) is 0 Å². The van der Waals surface area contributed by atoms with Gasteiger partial charge < -0.3 is 14.4 Å². The zero-order valence-electron chi connectivity index (χ0n) is 7.81. The van der Waals surface area contributed by atoms with Gasteiger partial charge in [-0.1, -0.05) is 0 Å². The number of nitriles is 1. The number of aliphatic carboxylic acids is 1. The summed E-state index contributed by atoms with van der Waals surface area (Å²) in [5, 5.41) is 17.2. The fraction of sp³-hybridized carbons (Fsp3) is 0.375. The second-order valence-corrected chi connectivity index (χ2v) is 2.84. The molecular formula is C8H9N3O3. The van der Waals surface area contributed by atoms with Gasteiger partial charge in [0.25, 0.3) is 0 Å². The lowest BCUT2D eigenvalue weighted by Gasteiger charge is -2.05. The highest BCUT2D eigenvalue weighted by Gasteiger charge is 2.16. The third-order valence-electron chi connectivity index (χ3n) is 1.47. The molecule has 0 aromatic carbocycles. The number of carboxylic acid groups (broad SMARTS) is 1. The van der Waals surface area contributed by atoms with Crippen LogP contribution in [-0.4, -0.2) is 30.2 Å². The topological polar surface area (TPSA) is 90.4 Å². The first-order chi connectivity index (χ1) is 6.54. The summed E-state index contributed by atoms with van der Waals surface area (Å²) in [5.41, 5.74) is 0.103. The zero-order chi connectivity index (χ0) is 10.7. The van der Waals surface area contributed by atoms with Crippen LogP contribution >= 0.6 is 0 Å². The van der Waals surface area contributed by atoms with Crippen molar-refractivity contribution in [3.8, 4) is 6.07 Å². The molecule has 1 N–H and O–H groups in total. The van der Waals surface area contributed by atoms with Crippen LogP contribution in [0.2, 0.25) is 0 Å². The molecule has 0 atom stereocenters. The Labute approximate surface area is 80.4 Å². The Balaban J connectivity index is 3.02. The van der Waals surface area contributed by atoms with Crippen LogP contribution in [0.15, 0.2) is 4.42 Å². The lowest BCUT2D eigenvalue weighted by atomic mass is 10.4. The third-order valence-corrected chi connectivity index (χ3v) is 1.47. The predicted octanol–water partition coefficient (Wildman–Crippen LogP) is 0.239. The molecule has 0 aliphatic rings. The molecule has 0 aliphatic heterocycles. The minimum atomic E-state index is -1.04. The number of oxazole rings is 1. The minimum absolute atomic E-state index is 0.0396. The molecule has 0 radical (unpaired) electrons. The molecule has 1 aromatic rings. The van der Waals surface area contributed by atoms with Crippen LogP contribution in [0.25, 0.3) is 0 Å². The standard InChI is InChI=1S/C8H9N3O3/c1-11(2)8-5(4-9)10-6(14-8)3-7(12)13/h3H2,1-2H3,(H,12,13). The highest BCUT2D eigenvalue weighted by Crippen LogP contribution is 2.19. The Morgan fingerprint density at radius 2 is 2.36 bits per heavy atom. The van der Waals surface area contributed by atoms with Crippen LogP contribution in [0.3, 0.4) is 0 Å². The van der Waals surface area contributed by atoms with Crippen molar-refractivity contribution in [2.45, 2.75) is 6.42 Å². The van der Waals surface area contributed by atoms with E-state index in [1.165, 1.54) is 0 Å². The summed E-state index contributed by atoms with van der Waals surface area (Å²) in [7, 11) is 3.37. The SMILES string of the molecule is CN(C)c1oc(CC(=O)O)nc1C#N. The number of rotatable bonds is 3. The molecule has 0 saturated heterocycles. The second kappa shape index (κ2) is 3.79. The van der Waals surface area contributed by atoms with Crippen molar-refractivity contribution in [3.05, 3.63) is 11.6 Å². The maximum Gasteiger partial charge on any atom is 0.312 e. The van der Waals surface area contributed by atoms with Gasteiger partial charge in [0.1, 0.15) is 12.5 Å². The molecule has 74 valence electrons. The van der Waals surface area contributed by atoms with E-state index >= 15 is 0 Å². The average Bonchev–Trinajstić information content (AvgIpc) is 2.46. The number of hydrogen-bond donors (Lipinski definition) is 1. The maximum atomic E-state index is 10.4. The molecule has 1 aromatic heterocycles. The van der Waals surface area contributed by atoms with E-state index in [9.17, 15) is 4.79 Å². The Morgan fingerprint density at radius 1 is 1.71 bits per heavy atom. The lowest BCUT2D eigenvalue weighted by molar-refractivity contribution is -0.136. The lowest BCUT2D eigenvalue weighted by Crippen LogP contribution is -2.08. The summed E-state index contributed by atoms with van der Waals surface area (Å²) in [6.07, 6.45) is -0.317. The summed E-state index contributed by atoms with van der Waals surface area (Å²) >= 11 is 0. The first-order valence-electron chi connectivity index (χ1n) is 3.83. The van der Waals surface area contributed by atoms with Gasteiger partial charge in [0.2, 0.25) is 17.5 Å². The van der Waals surface area contributed by atoms with Crippen molar-refractivity contribution < 1.29 is 14.3 Å². The molecule has 6 nitrogen and oxygen atoms in total. The number of anilines is 1. The Kier molecular flexibility index (Phi) is 2.72. The minimum Gasteiger partial charge on any atom is -0.481 e. The number of nitrogens with zero attached hydrogens (tertiary/aromatic N) is 3. The quantitative estimate of drug-likeness (QED) is 0.742. The van der Waals surface area contributed by atoms with Crippen LogP contribution in [0, 0.1) is 11.3 Å². The molecule has 0 unspecified atom stereocenters. The molecule has 1 rings (SSSR count). The van der Waals surface area contributed by atoms with Gasteiger partial charge in [-0.2, -0.15) is 10.2 Å². The van der Waals surface area contributed by atoms with Crippen molar-refractivity contribution in [2.24, 2.45) is 0 Å². The van der Waals surface area contributed by atoms with Crippen molar-refractivity contribution >= 4 is 11.9 Å². The average molecular weight is 195 g/mol.